The van der Waals surface area contributed by atoms with Crippen LogP contribution in [0.4, 0.5) is 5.00 Å². The van der Waals surface area contributed by atoms with E-state index in [2.05, 4.69) is 18.2 Å². The van der Waals surface area contributed by atoms with E-state index in [1.807, 2.05) is 0 Å². The van der Waals surface area contributed by atoms with Crippen LogP contribution in [-0.2, 0) is 4.79 Å². The summed E-state index contributed by atoms with van der Waals surface area (Å²) in [6.07, 6.45) is 4.11. The molecule has 2 rings (SSSR count). The fraction of sp³-hybridized carbons (Fsp3) is 0.667. The quantitative estimate of drug-likeness (QED) is 0.929. The lowest BCUT2D eigenvalue weighted by Gasteiger charge is -2.39. The van der Waals surface area contributed by atoms with Crippen molar-refractivity contribution in [1.29, 1.82) is 0 Å². The van der Waals surface area contributed by atoms with Gasteiger partial charge in [-0.15, -0.1) is 0 Å². The lowest BCUT2D eigenvalue weighted by Crippen LogP contribution is -2.42. The molecule has 21 heavy (non-hydrogen) atoms. The van der Waals surface area contributed by atoms with Gasteiger partial charge in [0.2, 0.25) is 5.91 Å². The van der Waals surface area contributed by atoms with E-state index in [9.17, 15) is 14.7 Å². The van der Waals surface area contributed by atoms with Crippen LogP contribution in [0.1, 0.15) is 55.6 Å². The molecule has 1 unspecified atom stereocenters. The van der Waals surface area contributed by atoms with E-state index < -0.39 is 5.97 Å². The Morgan fingerprint density at radius 3 is 2.62 bits per heavy atom. The monoisotopic (exact) mass is 310 g/mol. The van der Waals surface area contributed by atoms with Crippen molar-refractivity contribution < 1.29 is 14.7 Å². The normalized spacial score (nSPS) is 21.0. The van der Waals surface area contributed by atoms with E-state index in [4.69, 9.17) is 0 Å². The van der Waals surface area contributed by atoms with Gasteiger partial charge < -0.3 is 10.0 Å². The van der Waals surface area contributed by atoms with Gasteiger partial charge in [0.1, 0.15) is 10.6 Å². The largest absolute Gasteiger partial charge is 0.478 e. The van der Waals surface area contributed by atoms with E-state index in [0.717, 1.165) is 37.2 Å². The third kappa shape index (κ3) is 2.95. The van der Waals surface area contributed by atoms with Crippen LogP contribution >= 0.6 is 11.5 Å². The zero-order valence-electron chi connectivity index (χ0n) is 13.0. The van der Waals surface area contributed by atoms with Crippen LogP contribution in [0.5, 0.6) is 0 Å². The Morgan fingerprint density at radius 1 is 1.38 bits per heavy atom. The molecule has 1 aromatic rings. The van der Waals surface area contributed by atoms with Crippen molar-refractivity contribution in [1.82, 2.24) is 4.37 Å². The summed E-state index contributed by atoms with van der Waals surface area (Å²) in [4.78, 5) is 25.7. The van der Waals surface area contributed by atoms with E-state index in [-0.39, 0.29) is 22.8 Å². The number of amides is 1. The number of nitrogens with zero attached hydrogens (tertiary/aromatic N) is 2. The first kappa shape index (κ1) is 15.9. The highest BCUT2D eigenvalue weighted by molar-refractivity contribution is 7.11. The zero-order chi connectivity index (χ0) is 15.8. The molecule has 0 aromatic carbocycles. The number of anilines is 1. The van der Waals surface area contributed by atoms with Crippen molar-refractivity contribution in [2.45, 2.75) is 46.5 Å². The number of carboxylic acid groups (broad SMARTS) is 1. The van der Waals surface area contributed by atoms with E-state index >= 15 is 0 Å². The predicted octanol–water partition coefficient (Wildman–Crippen LogP) is 3.33. The van der Waals surface area contributed by atoms with E-state index in [1.54, 1.807) is 14.0 Å². The summed E-state index contributed by atoms with van der Waals surface area (Å²) in [7, 11) is 1.66. The standard InChI is InChI=1S/C15H22N2O3S/c1-9-11(14(19)20)13(21-16-9)17(4)12(18)10-7-5-6-8-15(10,2)3/h10H,5-8H2,1-4H3,(H,19,20). The van der Waals surface area contributed by atoms with Crippen LogP contribution < -0.4 is 4.90 Å². The highest BCUT2D eigenvalue weighted by Crippen LogP contribution is 2.42. The number of carbonyl (C=O) groups is 2. The summed E-state index contributed by atoms with van der Waals surface area (Å²) in [5.41, 5.74) is 0.571. The molecule has 1 saturated carbocycles. The summed E-state index contributed by atoms with van der Waals surface area (Å²) in [6.45, 7) is 5.91. The van der Waals surface area contributed by atoms with Gasteiger partial charge in [-0.3, -0.25) is 4.79 Å². The van der Waals surface area contributed by atoms with E-state index in [0.29, 0.717) is 10.7 Å². The highest BCUT2D eigenvalue weighted by Gasteiger charge is 2.39. The molecule has 0 saturated heterocycles. The fourth-order valence-electron chi connectivity index (χ4n) is 3.12. The molecule has 1 N–H and O–H groups in total. The Labute approximate surface area is 129 Å². The molecule has 0 radical (unpaired) electrons. The Balaban J connectivity index is 2.29. The Morgan fingerprint density at radius 2 is 2.05 bits per heavy atom. The average Bonchev–Trinajstić information content (AvgIpc) is 2.78. The second-order valence-electron chi connectivity index (χ2n) is 6.44. The lowest BCUT2D eigenvalue weighted by atomic mass is 9.68. The van der Waals surface area contributed by atoms with Crippen LogP contribution in [0.25, 0.3) is 0 Å². The van der Waals surface area contributed by atoms with Crippen molar-refractivity contribution in [3.8, 4) is 0 Å². The molecule has 1 aliphatic carbocycles. The van der Waals surface area contributed by atoms with Crippen LogP contribution in [0.15, 0.2) is 0 Å². The molecule has 5 nitrogen and oxygen atoms in total. The molecule has 0 spiro atoms. The number of rotatable bonds is 3. The third-order valence-corrected chi connectivity index (χ3v) is 5.52. The van der Waals surface area contributed by atoms with Crippen molar-refractivity contribution in [3.63, 3.8) is 0 Å². The van der Waals surface area contributed by atoms with Gasteiger partial charge in [-0.1, -0.05) is 26.7 Å². The van der Waals surface area contributed by atoms with Gasteiger partial charge in [0.25, 0.3) is 0 Å². The van der Waals surface area contributed by atoms with Gasteiger partial charge in [-0.05, 0) is 36.7 Å². The SMILES string of the molecule is Cc1nsc(N(C)C(=O)C2CCCCC2(C)C)c1C(=O)O. The number of carboxylic acids is 1. The summed E-state index contributed by atoms with van der Waals surface area (Å²) < 4.78 is 4.09. The first-order valence-electron chi connectivity index (χ1n) is 7.23. The summed E-state index contributed by atoms with van der Waals surface area (Å²) >= 11 is 1.08. The number of carbonyl (C=O) groups excluding carboxylic acids is 1. The van der Waals surface area contributed by atoms with Gasteiger partial charge in [0, 0.05) is 13.0 Å². The Kier molecular flexibility index (Phi) is 4.37. The maximum absolute atomic E-state index is 12.8. The summed E-state index contributed by atoms with van der Waals surface area (Å²) in [5, 5.41) is 9.74. The van der Waals surface area contributed by atoms with Crippen molar-refractivity contribution in [2.24, 2.45) is 11.3 Å². The molecule has 1 fully saturated rings. The number of aromatic carboxylic acids is 1. The van der Waals surface area contributed by atoms with Crippen molar-refractivity contribution in [3.05, 3.63) is 11.3 Å². The maximum atomic E-state index is 12.8. The van der Waals surface area contributed by atoms with E-state index in [1.165, 1.54) is 4.90 Å². The minimum Gasteiger partial charge on any atom is -0.478 e. The summed E-state index contributed by atoms with van der Waals surface area (Å²) in [6, 6.07) is 0. The average molecular weight is 310 g/mol. The molecule has 1 aliphatic rings. The second kappa shape index (κ2) is 5.75. The van der Waals surface area contributed by atoms with Crippen LogP contribution in [0.2, 0.25) is 0 Å². The molecular formula is C15H22N2O3S. The lowest BCUT2D eigenvalue weighted by molar-refractivity contribution is -0.127. The number of hydrogen-bond donors (Lipinski definition) is 1. The minimum absolute atomic E-state index is 0.00542. The van der Waals surface area contributed by atoms with Gasteiger partial charge in [-0.2, -0.15) is 4.37 Å². The molecule has 1 heterocycles. The van der Waals surface area contributed by atoms with Crippen LogP contribution in [0, 0.1) is 18.3 Å². The van der Waals surface area contributed by atoms with Crippen molar-refractivity contribution in [2.75, 3.05) is 11.9 Å². The molecule has 1 aromatic heterocycles. The summed E-state index contributed by atoms with van der Waals surface area (Å²) in [5.74, 6) is -1.08. The smallest absolute Gasteiger partial charge is 0.340 e. The predicted molar refractivity (Wildman–Crippen MR) is 83.0 cm³/mol. The van der Waals surface area contributed by atoms with Gasteiger partial charge in [0.05, 0.1) is 5.69 Å². The molecule has 6 heteroatoms. The van der Waals surface area contributed by atoms with Crippen LogP contribution in [0.3, 0.4) is 0 Å². The number of hydrogen-bond acceptors (Lipinski definition) is 4. The number of aromatic nitrogens is 1. The first-order chi connectivity index (χ1) is 9.75. The first-order valence-corrected chi connectivity index (χ1v) is 8.00. The Hall–Kier alpha value is -1.43. The van der Waals surface area contributed by atoms with Crippen molar-refractivity contribution >= 4 is 28.4 Å². The minimum atomic E-state index is -1.03. The van der Waals surface area contributed by atoms with Gasteiger partial charge in [-0.25, -0.2) is 4.79 Å². The third-order valence-electron chi connectivity index (χ3n) is 4.50. The highest BCUT2D eigenvalue weighted by atomic mass is 32.1. The topological polar surface area (TPSA) is 70.5 Å². The van der Waals surface area contributed by atoms with Gasteiger partial charge >= 0.3 is 5.97 Å². The Bertz CT molecular complexity index is 565. The molecule has 0 aliphatic heterocycles. The molecule has 1 amide bonds. The molecular weight excluding hydrogens is 288 g/mol. The maximum Gasteiger partial charge on any atom is 0.340 e. The zero-order valence-corrected chi connectivity index (χ0v) is 13.8. The van der Waals surface area contributed by atoms with Gasteiger partial charge in [0.15, 0.2) is 0 Å². The molecule has 1 atom stereocenters. The van der Waals surface area contributed by atoms with Crippen LogP contribution in [-0.4, -0.2) is 28.4 Å². The second-order valence-corrected chi connectivity index (χ2v) is 7.19. The fourth-order valence-corrected chi connectivity index (χ4v) is 3.97. The number of aryl methyl sites for hydroxylation is 1. The molecule has 0 bridgehead atoms. The molecule has 116 valence electrons.